The molecule has 1 aromatic heterocycles. The van der Waals surface area contributed by atoms with Gasteiger partial charge in [0.2, 0.25) is 0 Å². The molecule has 0 spiro atoms. The second-order valence-electron chi connectivity index (χ2n) is 9.02. The Morgan fingerprint density at radius 1 is 0.838 bits per heavy atom. The van der Waals surface area contributed by atoms with Gasteiger partial charge >= 0.3 is 0 Å². The highest BCUT2D eigenvalue weighted by Gasteiger charge is 2.12. The Hall–Kier alpha value is -3.54. The van der Waals surface area contributed by atoms with E-state index in [9.17, 15) is 0 Å². The normalized spacial score (nSPS) is 11.0. The van der Waals surface area contributed by atoms with Crippen molar-refractivity contribution < 1.29 is 9.47 Å². The lowest BCUT2D eigenvalue weighted by Crippen LogP contribution is -2.04. The average molecular weight is 529 g/mol. The van der Waals surface area contributed by atoms with Crippen LogP contribution in [0.2, 0.25) is 5.02 Å². The topological polar surface area (TPSA) is 43.4 Å². The molecule has 5 aromatic rings. The van der Waals surface area contributed by atoms with E-state index in [0.717, 1.165) is 32.9 Å². The Morgan fingerprint density at radius 3 is 2.32 bits per heavy atom. The number of ether oxygens (including phenoxy) is 2. The summed E-state index contributed by atoms with van der Waals surface area (Å²) in [7, 11) is 0. The number of fused-ring (bicyclic) bond motifs is 1. The van der Waals surface area contributed by atoms with Gasteiger partial charge in [-0.15, -0.1) is 11.3 Å². The third-order valence-electron chi connectivity index (χ3n) is 6.09. The van der Waals surface area contributed by atoms with E-state index in [1.54, 1.807) is 11.3 Å². The van der Waals surface area contributed by atoms with Crippen molar-refractivity contribution in [3.63, 3.8) is 0 Å². The van der Waals surface area contributed by atoms with Crippen LogP contribution in [0, 0.1) is 13.8 Å². The summed E-state index contributed by atoms with van der Waals surface area (Å²) in [5, 5.41) is 5.13. The summed E-state index contributed by atoms with van der Waals surface area (Å²) in [6.07, 6.45) is 0. The van der Waals surface area contributed by atoms with E-state index in [2.05, 4.69) is 85.9 Å². The SMILES string of the molecule is CCOc1cc(CNc2ccc(-c3nc4ccc(C)cc4s3)cc2)c(Cl)cc1OCc1ccc(C)cc1. The second kappa shape index (κ2) is 11.2. The third kappa shape index (κ3) is 6.07. The quantitative estimate of drug-likeness (QED) is 0.207. The molecule has 1 N–H and O–H groups in total. The zero-order chi connectivity index (χ0) is 25.8. The number of hydrogen-bond donors (Lipinski definition) is 1. The first-order valence-electron chi connectivity index (χ1n) is 12.3. The van der Waals surface area contributed by atoms with Gasteiger partial charge in [-0.2, -0.15) is 0 Å². The number of anilines is 1. The van der Waals surface area contributed by atoms with Crippen molar-refractivity contribution in [1.82, 2.24) is 4.98 Å². The summed E-state index contributed by atoms with van der Waals surface area (Å²) in [6, 6.07) is 26.8. The van der Waals surface area contributed by atoms with Crippen LogP contribution in [0.15, 0.2) is 78.9 Å². The summed E-state index contributed by atoms with van der Waals surface area (Å²) in [4.78, 5) is 4.79. The second-order valence-corrected chi connectivity index (χ2v) is 10.5. The smallest absolute Gasteiger partial charge is 0.163 e. The number of benzene rings is 4. The summed E-state index contributed by atoms with van der Waals surface area (Å²) in [6.45, 7) is 7.70. The van der Waals surface area contributed by atoms with Crippen LogP contribution in [0.1, 0.15) is 29.2 Å². The van der Waals surface area contributed by atoms with Crippen molar-refractivity contribution in [2.45, 2.75) is 33.9 Å². The van der Waals surface area contributed by atoms with Crippen molar-refractivity contribution in [3.05, 3.63) is 106 Å². The first-order valence-corrected chi connectivity index (χ1v) is 13.5. The maximum atomic E-state index is 6.64. The lowest BCUT2D eigenvalue weighted by atomic mass is 10.1. The molecular weight excluding hydrogens is 500 g/mol. The molecule has 5 rings (SSSR count). The Kier molecular flexibility index (Phi) is 7.63. The lowest BCUT2D eigenvalue weighted by molar-refractivity contribution is 0.269. The first kappa shape index (κ1) is 25.1. The Balaban J connectivity index is 1.26. The monoisotopic (exact) mass is 528 g/mol. The molecule has 0 fully saturated rings. The van der Waals surface area contributed by atoms with Crippen molar-refractivity contribution in [2.75, 3.05) is 11.9 Å². The maximum Gasteiger partial charge on any atom is 0.163 e. The van der Waals surface area contributed by atoms with Gasteiger partial charge in [0.1, 0.15) is 11.6 Å². The molecule has 0 unspecified atom stereocenters. The summed E-state index contributed by atoms with van der Waals surface area (Å²) in [5.41, 5.74) is 7.67. The molecular formula is C31H29ClN2O2S. The van der Waals surface area contributed by atoms with E-state index in [-0.39, 0.29) is 0 Å². The summed E-state index contributed by atoms with van der Waals surface area (Å²) < 4.78 is 13.1. The predicted octanol–water partition coefficient (Wildman–Crippen LogP) is 8.82. The van der Waals surface area contributed by atoms with Crippen LogP contribution in [0.5, 0.6) is 11.5 Å². The van der Waals surface area contributed by atoms with Crippen LogP contribution >= 0.6 is 22.9 Å². The number of nitrogens with one attached hydrogen (secondary N) is 1. The van der Waals surface area contributed by atoms with Gasteiger partial charge in [0.15, 0.2) is 11.5 Å². The minimum absolute atomic E-state index is 0.453. The number of halogens is 1. The molecule has 0 amide bonds. The molecule has 6 heteroatoms. The predicted molar refractivity (Wildman–Crippen MR) is 155 cm³/mol. The number of thiazole rings is 1. The van der Waals surface area contributed by atoms with Crippen molar-refractivity contribution in [1.29, 1.82) is 0 Å². The third-order valence-corrected chi connectivity index (χ3v) is 7.51. The Labute approximate surface area is 226 Å². The van der Waals surface area contributed by atoms with E-state index < -0.39 is 0 Å². The molecule has 188 valence electrons. The fraction of sp³-hybridized carbons (Fsp3) is 0.194. The molecule has 37 heavy (non-hydrogen) atoms. The molecule has 0 atom stereocenters. The molecule has 0 saturated carbocycles. The van der Waals surface area contributed by atoms with E-state index >= 15 is 0 Å². The highest BCUT2D eigenvalue weighted by Crippen LogP contribution is 2.35. The largest absolute Gasteiger partial charge is 0.490 e. The van der Waals surface area contributed by atoms with Gasteiger partial charge in [-0.25, -0.2) is 4.98 Å². The van der Waals surface area contributed by atoms with Crippen molar-refractivity contribution in [2.24, 2.45) is 0 Å². The zero-order valence-corrected chi connectivity index (χ0v) is 22.7. The van der Waals surface area contributed by atoms with Crippen molar-refractivity contribution in [3.8, 4) is 22.1 Å². The molecule has 4 aromatic carbocycles. The molecule has 4 nitrogen and oxygen atoms in total. The van der Waals surface area contributed by atoms with Gasteiger partial charge < -0.3 is 14.8 Å². The Morgan fingerprint density at radius 2 is 1.57 bits per heavy atom. The van der Waals surface area contributed by atoms with E-state index in [1.165, 1.54) is 15.8 Å². The van der Waals surface area contributed by atoms with E-state index in [1.807, 2.05) is 19.1 Å². The summed E-state index contributed by atoms with van der Waals surface area (Å²) in [5.74, 6) is 1.34. The highest BCUT2D eigenvalue weighted by atomic mass is 35.5. The molecule has 1 heterocycles. The van der Waals surface area contributed by atoms with Crippen LogP contribution in [0.25, 0.3) is 20.8 Å². The molecule has 0 saturated heterocycles. The van der Waals surface area contributed by atoms with Crippen LogP contribution in [-0.4, -0.2) is 11.6 Å². The van der Waals surface area contributed by atoms with Gasteiger partial charge in [0.25, 0.3) is 0 Å². The number of rotatable bonds is 9. The number of hydrogen-bond acceptors (Lipinski definition) is 5. The number of nitrogens with zero attached hydrogens (tertiary/aromatic N) is 1. The van der Waals surface area contributed by atoms with Gasteiger partial charge in [-0.3, -0.25) is 0 Å². The molecule has 0 radical (unpaired) electrons. The van der Waals surface area contributed by atoms with Crippen molar-refractivity contribution >= 4 is 38.8 Å². The standard InChI is InChI=1S/C31H29ClN2O2S/c1-4-35-28-16-24(26(32)17-29(28)36-19-22-8-5-20(2)6-9-22)18-33-25-12-10-23(11-13-25)31-34-27-14-7-21(3)15-30(27)37-31/h5-17,33H,4,18-19H2,1-3H3. The molecule has 0 aliphatic carbocycles. The van der Waals surface area contributed by atoms with Gasteiger partial charge in [0.05, 0.1) is 16.8 Å². The molecule has 0 aliphatic rings. The van der Waals surface area contributed by atoms with Crippen LogP contribution in [0.3, 0.4) is 0 Å². The Bertz CT molecular complexity index is 1510. The van der Waals surface area contributed by atoms with E-state index in [4.69, 9.17) is 26.1 Å². The van der Waals surface area contributed by atoms with Crippen LogP contribution < -0.4 is 14.8 Å². The lowest BCUT2D eigenvalue weighted by Gasteiger charge is -2.16. The minimum Gasteiger partial charge on any atom is -0.490 e. The molecule has 0 bridgehead atoms. The minimum atomic E-state index is 0.453. The highest BCUT2D eigenvalue weighted by molar-refractivity contribution is 7.21. The first-order chi connectivity index (χ1) is 18.0. The number of aryl methyl sites for hydroxylation is 2. The summed E-state index contributed by atoms with van der Waals surface area (Å²) >= 11 is 8.36. The zero-order valence-electron chi connectivity index (χ0n) is 21.2. The fourth-order valence-electron chi connectivity index (χ4n) is 4.02. The van der Waals surface area contributed by atoms with Gasteiger partial charge in [0, 0.05) is 28.9 Å². The van der Waals surface area contributed by atoms with E-state index in [0.29, 0.717) is 36.3 Å². The van der Waals surface area contributed by atoms with Gasteiger partial charge in [-0.1, -0.05) is 47.5 Å². The average Bonchev–Trinajstić information content (AvgIpc) is 3.32. The van der Waals surface area contributed by atoms with Crippen LogP contribution in [-0.2, 0) is 13.2 Å². The maximum absolute atomic E-state index is 6.64. The number of aromatic nitrogens is 1. The van der Waals surface area contributed by atoms with Gasteiger partial charge in [-0.05, 0) is 79.9 Å². The fourth-order valence-corrected chi connectivity index (χ4v) is 5.31. The van der Waals surface area contributed by atoms with Crippen LogP contribution in [0.4, 0.5) is 5.69 Å². The molecule has 0 aliphatic heterocycles.